The number of rotatable bonds is 5. The number of hydrogen-bond donors (Lipinski definition) is 0. The Hall–Kier alpha value is -1.43. The number of nitrogens with zero attached hydrogens (tertiary/aromatic N) is 1. The second-order valence-electron chi connectivity index (χ2n) is 5.20. The van der Waals surface area contributed by atoms with Crippen molar-refractivity contribution >= 4 is 17.8 Å². The van der Waals surface area contributed by atoms with Crippen LogP contribution in [0.2, 0.25) is 0 Å². The number of ether oxygens (including phenoxy) is 1. The molecule has 6 nitrogen and oxygen atoms in total. The summed E-state index contributed by atoms with van der Waals surface area (Å²) in [5.41, 5.74) is -0.909. The van der Waals surface area contributed by atoms with E-state index in [2.05, 4.69) is 0 Å². The van der Waals surface area contributed by atoms with E-state index in [0.29, 0.717) is 5.06 Å². The Morgan fingerprint density at radius 3 is 2.22 bits per heavy atom. The first kappa shape index (κ1) is 14.6. The second kappa shape index (κ2) is 5.48. The monoisotopic (exact) mass is 257 g/mol. The fraction of sp³-hybridized carbons (Fsp3) is 0.750. The summed E-state index contributed by atoms with van der Waals surface area (Å²) in [6.45, 7) is 7.16. The Balaban J connectivity index is 2.58. The first-order valence-electron chi connectivity index (χ1n) is 5.94. The van der Waals surface area contributed by atoms with E-state index >= 15 is 0 Å². The van der Waals surface area contributed by atoms with Crippen molar-refractivity contribution in [1.82, 2.24) is 5.06 Å². The third-order valence-electron chi connectivity index (χ3n) is 2.51. The summed E-state index contributed by atoms with van der Waals surface area (Å²) in [4.78, 5) is 39.3. The minimum atomic E-state index is -0.909. The first-order chi connectivity index (χ1) is 8.24. The van der Waals surface area contributed by atoms with Crippen LogP contribution >= 0.6 is 0 Å². The summed E-state index contributed by atoms with van der Waals surface area (Å²) in [7, 11) is 0. The molecule has 0 aromatic rings. The van der Waals surface area contributed by atoms with Crippen LogP contribution in [0.3, 0.4) is 0 Å². The highest BCUT2D eigenvalue weighted by atomic mass is 16.7. The van der Waals surface area contributed by atoms with Crippen LogP contribution in [0, 0.1) is 5.41 Å². The molecule has 1 saturated heterocycles. The lowest BCUT2D eigenvalue weighted by molar-refractivity contribution is -0.206. The fourth-order valence-electron chi connectivity index (χ4n) is 1.30. The Morgan fingerprint density at radius 1 is 1.28 bits per heavy atom. The van der Waals surface area contributed by atoms with Crippen molar-refractivity contribution in [2.24, 2.45) is 5.41 Å². The quantitative estimate of drug-likeness (QED) is 0.688. The van der Waals surface area contributed by atoms with Crippen molar-refractivity contribution in [3.8, 4) is 0 Å². The third-order valence-corrected chi connectivity index (χ3v) is 2.51. The molecule has 1 rings (SSSR count). The second-order valence-corrected chi connectivity index (χ2v) is 5.20. The summed E-state index contributed by atoms with van der Waals surface area (Å²) in [5.74, 6) is -1.60. The molecule has 0 aromatic heterocycles. The van der Waals surface area contributed by atoms with Gasteiger partial charge in [-0.1, -0.05) is 0 Å². The first-order valence-corrected chi connectivity index (χ1v) is 5.94. The van der Waals surface area contributed by atoms with Gasteiger partial charge < -0.3 is 9.57 Å². The molecule has 1 fully saturated rings. The van der Waals surface area contributed by atoms with Crippen LogP contribution in [-0.4, -0.2) is 35.6 Å². The minimum absolute atomic E-state index is 0.00729. The Bertz CT molecular complexity index is 345. The zero-order chi connectivity index (χ0) is 13.9. The van der Waals surface area contributed by atoms with Crippen LogP contribution in [-0.2, 0) is 24.0 Å². The number of hydrogen-bond acceptors (Lipinski definition) is 5. The number of hydroxylamine groups is 2. The highest BCUT2D eigenvalue weighted by Crippen LogP contribution is 2.21. The average molecular weight is 257 g/mol. The van der Waals surface area contributed by atoms with Crippen LogP contribution in [0.1, 0.15) is 40.5 Å². The smallest absolute Gasteiger partial charge is 0.341 e. The Morgan fingerprint density at radius 2 is 1.78 bits per heavy atom. The van der Waals surface area contributed by atoms with E-state index in [4.69, 9.17) is 9.57 Å². The van der Waals surface area contributed by atoms with Gasteiger partial charge in [-0.2, -0.15) is 0 Å². The molecule has 18 heavy (non-hydrogen) atoms. The summed E-state index contributed by atoms with van der Waals surface area (Å²) >= 11 is 0. The molecular formula is C12H19NO5. The summed E-state index contributed by atoms with van der Waals surface area (Å²) in [6.07, 6.45) is 0.177. The number of amides is 2. The van der Waals surface area contributed by atoms with E-state index in [1.165, 1.54) is 0 Å². The molecule has 0 spiro atoms. The van der Waals surface area contributed by atoms with Gasteiger partial charge in [0.15, 0.2) is 0 Å². The van der Waals surface area contributed by atoms with Crippen molar-refractivity contribution in [3.05, 3.63) is 0 Å². The predicted octanol–water partition coefficient (Wildman–Crippen LogP) is 1.04. The summed E-state index contributed by atoms with van der Waals surface area (Å²) in [5, 5.41) is 0.555. The lowest BCUT2D eigenvalue weighted by atomic mass is 9.95. The van der Waals surface area contributed by atoms with Gasteiger partial charge >= 0.3 is 5.97 Å². The largest absolute Gasteiger partial charge is 0.378 e. The van der Waals surface area contributed by atoms with Crippen LogP contribution in [0.25, 0.3) is 0 Å². The molecule has 102 valence electrons. The van der Waals surface area contributed by atoms with Crippen LogP contribution < -0.4 is 0 Å². The molecule has 1 aliphatic rings. The number of imide groups is 1. The van der Waals surface area contributed by atoms with Gasteiger partial charge in [0.1, 0.15) is 0 Å². The molecule has 1 heterocycles. The van der Waals surface area contributed by atoms with Crippen molar-refractivity contribution in [2.75, 3.05) is 6.61 Å². The van der Waals surface area contributed by atoms with E-state index < -0.39 is 23.2 Å². The predicted molar refractivity (Wildman–Crippen MR) is 62.0 cm³/mol. The summed E-state index contributed by atoms with van der Waals surface area (Å²) in [6, 6.07) is 0. The van der Waals surface area contributed by atoms with Crippen LogP contribution in [0.15, 0.2) is 0 Å². The molecule has 2 amide bonds. The van der Waals surface area contributed by atoms with E-state index in [1.807, 2.05) is 13.8 Å². The average Bonchev–Trinajstić information content (AvgIpc) is 2.58. The molecule has 0 N–H and O–H groups in total. The molecule has 0 unspecified atom stereocenters. The van der Waals surface area contributed by atoms with Gasteiger partial charge in [0.05, 0.1) is 18.1 Å². The highest BCUT2D eigenvalue weighted by Gasteiger charge is 2.38. The van der Waals surface area contributed by atoms with Gasteiger partial charge in [-0.15, -0.1) is 5.06 Å². The SMILES string of the molecule is CC(C)OCC(C)(C)C(=O)ON1C(=O)CCC1=O. The Labute approximate surface area is 106 Å². The highest BCUT2D eigenvalue weighted by molar-refractivity contribution is 6.01. The lowest BCUT2D eigenvalue weighted by Crippen LogP contribution is -2.40. The van der Waals surface area contributed by atoms with E-state index in [1.54, 1.807) is 13.8 Å². The molecule has 0 saturated carbocycles. The van der Waals surface area contributed by atoms with Gasteiger partial charge in [0.25, 0.3) is 11.8 Å². The molecule has 1 aliphatic heterocycles. The van der Waals surface area contributed by atoms with E-state index in [-0.39, 0.29) is 25.6 Å². The molecule has 0 bridgehead atoms. The normalized spacial score (nSPS) is 16.6. The Kier molecular flexibility index (Phi) is 4.45. The maximum Gasteiger partial charge on any atom is 0.341 e. The zero-order valence-corrected chi connectivity index (χ0v) is 11.2. The third kappa shape index (κ3) is 3.53. The van der Waals surface area contributed by atoms with E-state index in [0.717, 1.165) is 0 Å². The van der Waals surface area contributed by atoms with Crippen molar-refractivity contribution in [1.29, 1.82) is 0 Å². The van der Waals surface area contributed by atoms with Crippen molar-refractivity contribution < 1.29 is 24.0 Å². The van der Waals surface area contributed by atoms with Gasteiger partial charge in [-0.25, -0.2) is 4.79 Å². The maximum absolute atomic E-state index is 11.9. The fourth-order valence-corrected chi connectivity index (χ4v) is 1.30. The number of carbonyl (C=O) groups excluding carboxylic acids is 3. The van der Waals surface area contributed by atoms with Gasteiger partial charge in [0.2, 0.25) is 0 Å². The van der Waals surface area contributed by atoms with Crippen molar-refractivity contribution in [2.45, 2.75) is 46.6 Å². The molecule has 6 heteroatoms. The van der Waals surface area contributed by atoms with Crippen LogP contribution in [0.5, 0.6) is 0 Å². The zero-order valence-electron chi connectivity index (χ0n) is 11.2. The molecular weight excluding hydrogens is 238 g/mol. The molecule has 0 atom stereocenters. The molecule has 0 aliphatic carbocycles. The van der Waals surface area contributed by atoms with Gasteiger partial charge in [0, 0.05) is 12.8 Å². The topological polar surface area (TPSA) is 72.9 Å². The maximum atomic E-state index is 11.9. The summed E-state index contributed by atoms with van der Waals surface area (Å²) < 4.78 is 5.36. The van der Waals surface area contributed by atoms with Gasteiger partial charge in [-0.05, 0) is 27.7 Å². The van der Waals surface area contributed by atoms with Crippen molar-refractivity contribution in [3.63, 3.8) is 0 Å². The molecule has 0 aromatic carbocycles. The van der Waals surface area contributed by atoms with Crippen LogP contribution in [0.4, 0.5) is 0 Å². The number of carbonyl (C=O) groups is 3. The lowest BCUT2D eigenvalue weighted by Gasteiger charge is -2.25. The van der Waals surface area contributed by atoms with E-state index in [9.17, 15) is 14.4 Å². The standard InChI is InChI=1S/C12H19NO5/c1-8(2)17-7-12(3,4)11(16)18-13-9(14)5-6-10(13)15/h8H,5-7H2,1-4H3. The van der Waals surface area contributed by atoms with Gasteiger partial charge in [-0.3, -0.25) is 9.59 Å². The molecule has 0 radical (unpaired) electrons. The minimum Gasteiger partial charge on any atom is -0.378 e.